The van der Waals surface area contributed by atoms with Crippen molar-refractivity contribution >= 4 is 0 Å². The van der Waals surface area contributed by atoms with Crippen LogP contribution in [0.5, 0.6) is 0 Å². The van der Waals surface area contributed by atoms with Crippen LogP contribution in [0.25, 0.3) is 0 Å². The normalized spacial score (nSPS) is 24.8. The van der Waals surface area contributed by atoms with E-state index < -0.39 is 0 Å². The van der Waals surface area contributed by atoms with Gasteiger partial charge < -0.3 is 4.74 Å². The van der Waals surface area contributed by atoms with Crippen LogP contribution in [0.3, 0.4) is 0 Å². The molecule has 0 aromatic carbocycles. The fourth-order valence-corrected chi connectivity index (χ4v) is 2.23. The number of hydrogen-bond acceptors (Lipinski definition) is 3. The van der Waals surface area contributed by atoms with Crippen molar-refractivity contribution in [1.29, 1.82) is 0 Å². The summed E-state index contributed by atoms with van der Waals surface area (Å²) in [6.45, 7) is 0.865. The average molecular weight is 196 g/mol. The third-order valence-electron chi connectivity index (χ3n) is 3.40. The van der Waals surface area contributed by atoms with Crippen molar-refractivity contribution in [2.45, 2.75) is 44.6 Å². The van der Waals surface area contributed by atoms with Gasteiger partial charge in [0, 0.05) is 6.04 Å². The summed E-state index contributed by atoms with van der Waals surface area (Å²) in [6.07, 6.45) is 9.53. The van der Waals surface area contributed by atoms with E-state index in [-0.39, 0.29) is 0 Å². The maximum atomic E-state index is 5.58. The minimum atomic E-state index is 0.348. The molecule has 1 unspecified atom stereocenters. The molecule has 1 saturated carbocycles. The molecule has 0 aromatic heterocycles. The highest BCUT2D eigenvalue weighted by molar-refractivity contribution is 5.10. The van der Waals surface area contributed by atoms with Crippen molar-refractivity contribution in [3.8, 4) is 0 Å². The summed E-state index contributed by atoms with van der Waals surface area (Å²) in [4.78, 5) is 0. The molecule has 0 saturated heterocycles. The first-order chi connectivity index (χ1) is 6.90. The maximum Gasteiger partial charge on any atom is 0.0876 e. The maximum absolute atomic E-state index is 5.58. The summed E-state index contributed by atoms with van der Waals surface area (Å²) in [6, 6.07) is 0.348. The molecule has 0 bridgehead atoms. The lowest BCUT2D eigenvalue weighted by Gasteiger charge is -2.31. The second-order valence-corrected chi connectivity index (χ2v) is 4.42. The summed E-state index contributed by atoms with van der Waals surface area (Å²) in [7, 11) is 0. The highest BCUT2D eigenvalue weighted by Crippen LogP contribution is 2.32. The van der Waals surface area contributed by atoms with E-state index in [9.17, 15) is 0 Å². The van der Waals surface area contributed by atoms with Crippen LogP contribution in [0.15, 0.2) is 11.8 Å². The summed E-state index contributed by atoms with van der Waals surface area (Å²) in [5.74, 6) is 6.47. The molecule has 1 aliphatic carbocycles. The smallest absolute Gasteiger partial charge is 0.0876 e. The molecule has 0 radical (unpaired) electrons. The Hall–Kier alpha value is -0.540. The van der Waals surface area contributed by atoms with Crippen molar-refractivity contribution < 1.29 is 4.74 Å². The summed E-state index contributed by atoms with van der Waals surface area (Å²) in [5, 5.41) is 0. The number of nitrogens with one attached hydrogen (secondary N) is 1. The molecule has 14 heavy (non-hydrogen) atoms. The van der Waals surface area contributed by atoms with Gasteiger partial charge in [-0.2, -0.15) is 0 Å². The molecule has 1 aliphatic heterocycles. The zero-order chi connectivity index (χ0) is 9.80. The predicted octanol–water partition coefficient (Wildman–Crippen LogP) is 1.70. The van der Waals surface area contributed by atoms with Gasteiger partial charge in [-0.15, -0.1) is 0 Å². The molecule has 3 heteroatoms. The lowest BCUT2D eigenvalue weighted by molar-refractivity contribution is 0.210. The van der Waals surface area contributed by atoms with E-state index in [4.69, 9.17) is 10.6 Å². The third-order valence-corrected chi connectivity index (χ3v) is 3.40. The average Bonchev–Trinajstić information content (AvgIpc) is 2.18. The largest absolute Gasteiger partial charge is 0.501 e. The molecule has 80 valence electrons. The van der Waals surface area contributed by atoms with Gasteiger partial charge in [0.1, 0.15) is 0 Å². The van der Waals surface area contributed by atoms with Gasteiger partial charge in [-0.05, 0) is 30.8 Å². The van der Waals surface area contributed by atoms with Crippen LogP contribution in [-0.2, 0) is 4.74 Å². The monoisotopic (exact) mass is 196 g/mol. The zero-order valence-corrected chi connectivity index (χ0v) is 8.67. The number of nitrogens with two attached hydrogens (primary N) is 1. The van der Waals surface area contributed by atoms with Crippen LogP contribution < -0.4 is 11.3 Å². The molecule has 1 fully saturated rings. The van der Waals surface area contributed by atoms with E-state index >= 15 is 0 Å². The highest BCUT2D eigenvalue weighted by atomic mass is 16.5. The highest BCUT2D eigenvalue weighted by Gasteiger charge is 2.24. The minimum absolute atomic E-state index is 0.348. The van der Waals surface area contributed by atoms with Crippen LogP contribution in [0, 0.1) is 5.92 Å². The molecule has 1 atom stereocenters. The predicted molar refractivity (Wildman–Crippen MR) is 56.3 cm³/mol. The van der Waals surface area contributed by atoms with E-state index in [1.807, 2.05) is 6.26 Å². The Bertz CT molecular complexity index is 211. The van der Waals surface area contributed by atoms with Crippen LogP contribution in [0.2, 0.25) is 0 Å². The van der Waals surface area contributed by atoms with Crippen molar-refractivity contribution in [2.75, 3.05) is 6.61 Å². The standard InChI is InChI=1S/C11H20N2O/c12-13-11(7-9-3-1-4-9)10-5-2-6-14-8-10/h8-9,11,13H,1-7,12H2. The van der Waals surface area contributed by atoms with Crippen molar-refractivity contribution in [1.82, 2.24) is 5.43 Å². The van der Waals surface area contributed by atoms with Gasteiger partial charge in [0.05, 0.1) is 12.9 Å². The minimum Gasteiger partial charge on any atom is -0.501 e. The van der Waals surface area contributed by atoms with Gasteiger partial charge in [0.2, 0.25) is 0 Å². The molecule has 3 N–H and O–H groups in total. The van der Waals surface area contributed by atoms with E-state index in [0.717, 1.165) is 25.4 Å². The second-order valence-electron chi connectivity index (χ2n) is 4.42. The summed E-state index contributed by atoms with van der Waals surface area (Å²) >= 11 is 0. The fourth-order valence-electron chi connectivity index (χ4n) is 2.23. The molecule has 2 rings (SSSR count). The molecular weight excluding hydrogens is 176 g/mol. The lowest BCUT2D eigenvalue weighted by Crippen LogP contribution is -2.39. The Kier molecular flexibility index (Phi) is 3.43. The SMILES string of the molecule is NNC(CC1CCC1)C1=COCCC1. The topological polar surface area (TPSA) is 47.3 Å². The second kappa shape index (κ2) is 4.80. The van der Waals surface area contributed by atoms with Gasteiger partial charge in [-0.3, -0.25) is 11.3 Å². The number of hydrazine groups is 1. The fraction of sp³-hybridized carbons (Fsp3) is 0.818. The summed E-state index contributed by atoms with van der Waals surface area (Å²) < 4.78 is 5.34. The van der Waals surface area contributed by atoms with Crippen molar-refractivity contribution in [3.63, 3.8) is 0 Å². The van der Waals surface area contributed by atoms with Crippen molar-refractivity contribution in [2.24, 2.45) is 11.8 Å². The molecule has 0 amide bonds. The number of rotatable bonds is 4. The number of ether oxygens (including phenoxy) is 1. The van der Waals surface area contributed by atoms with E-state index in [2.05, 4.69) is 5.43 Å². The molecule has 3 nitrogen and oxygen atoms in total. The van der Waals surface area contributed by atoms with Crippen LogP contribution in [-0.4, -0.2) is 12.6 Å². The van der Waals surface area contributed by atoms with Gasteiger partial charge >= 0.3 is 0 Å². The van der Waals surface area contributed by atoms with Gasteiger partial charge in [0.15, 0.2) is 0 Å². The Morgan fingerprint density at radius 3 is 2.86 bits per heavy atom. The zero-order valence-electron chi connectivity index (χ0n) is 8.67. The first-order valence-electron chi connectivity index (χ1n) is 5.67. The van der Waals surface area contributed by atoms with Crippen molar-refractivity contribution in [3.05, 3.63) is 11.8 Å². The van der Waals surface area contributed by atoms with E-state index in [1.165, 1.54) is 31.3 Å². The van der Waals surface area contributed by atoms with Crippen LogP contribution in [0.4, 0.5) is 0 Å². The first-order valence-corrected chi connectivity index (χ1v) is 5.67. The van der Waals surface area contributed by atoms with E-state index in [0.29, 0.717) is 6.04 Å². The van der Waals surface area contributed by atoms with Crippen LogP contribution in [0.1, 0.15) is 38.5 Å². The third kappa shape index (κ3) is 2.28. The number of hydrogen-bond donors (Lipinski definition) is 2. The van der Waals surface area contributed by atoms with E-state index in [1.54, 1.807) is 0 Å². The molecule has 1 heterocycles. The molecule has 2 aliphatic rings. The van der Waals surface area contributed by atoms with Crippen LogP contribution >= 0.6 is 0 Å². The Morgan fingerprint density at radius 1 is 1.50 bits per heavy atom. The summed E-state index contributed by atoms with van der Waals surface area (Å²) in [5.41, 5.74) is 4.28. The van der Waals surface area contributed by atoms with Gasteiger partial charge in [-0.1, -0.05) is 19.3 Å². The van der Waals surface area contributed by atoms with Gasteiger partial charge in [-0.25, -0.2) is 0 Å². The quantitative estimate of drug-likeness (QED) is 0.531. The Balaban J connectivity index is 1.86. The molecule has 0 spiro atoms. The first kappa shape index (κ1) is 9.99. The Morgan fingerprint density at radius 2 is 2.36 bits per heavy atom. The molecular formula is C11H20N2O. The molecule has 0 aromatic rings. The van der Waals surface area contributed by atoms with Gasteiger partial charge in [0.25, 0.3) is 0 Å². The lowest BCUT2D eigenvalue weighted by atomic mass is 9.79. The Labute approximate surface area is 85.7 Å².